The summed E-state index contributed by atoms with van der Waals surface area (Å²) < 4.78 is 0. The number of hydrogen-bond donors (Lipinski definition) is 1. The summed E-state index contributed by atoms with van der Waals surface area (Å²) in [7, 11) is 0. The lowest BCUT2D eigenvalue weighted by Gasteiger charge is -2.30. The van der Waals surface area contributed by atoms with Gasteiger partial charge < -0.3 is 5.73 Å². The predicted octanol–water partition coefficient (Wildman–Crippen LogP) is 2.86. The quantitative estimate of drug-likeness (QED) is 0.597. The Hall–Kier alpha value is -0.300. The number of nitrogens with two attached hydrogens (primary N) is 1. The lowest BCUT2D eigenvalue weighted by molar-refractivity contribution is 0.346. The molecule has 2 N–H and O–H groups in total. The van der Waals surface area contributed by atoms with Crippen molar-refractivity contribution in [2.75, 3.05) is 0 Å². The lowest BCUT2D eigenvalue weighted by atomic mass is 9.79. The van der Waals surface area contributed by atoms with Gasteiger partial charge in [-0.15, -0.1) is 0 Å². The highest BCUT2D eigenvalue weighted by Gasteiger charge is 2.23. The van der Waals surface area contributed by atoms with E-state index in [9.17, 15) is 0 Å². The summed E-state index contributed by atoms with van der Waals surface area (Å²) in [6, 6.07) is 0.425. The average molecular weight is 167 g/mol. The highest BCUT2D eigenvalue weighted by molar-refractivity contribution is 5.13. The first-order valence-corrected chi connectivity index (χ1v) is 5.02. The van der Waals surface area contributed by atoms with E-state index in [0.717, 1.165) is 0 Å². The lowest BCUT2D eigenvalue weighted by Crippen LogP contribution is -2.33. The molecule has 0 amide bonds. The number of rotatable bonds is 1. The van der Waals surface area contributed by atoms with Crippen molar-refractivity contribution in [3.05, 3.63) is 11.1 Å². The van der Waals surface area contributed by atoms with Gasteiger partial charge in [0.15, 0.2) is 0 Å². The van der Waals surface area contributed by atoms with Gasteiger partial charge in [0.25, 0.3) is 0 Å². The molecule has 0 heterocycles. The van der Waals surface area contributed by atoms with Gasteiger partial charge in [-0.1, -0.05) is 24.0 Å². The van der Waals surface area contributed by atoms with Crippen molar-refractivity contribution in [2.24, 2.45) is 11.7 Å². The maximum absolute atomic E-state index is 6.08. The van der Waals surface area contributed by atoms with Crippen LogP contribution in [0.1, 0.15) is 46.5 Å². The topological polar surface area (TPSA) is 26.0 Å². The Kier molecular flexibility index (Phi) is 3.33. The van der Waals surface area contributed by atoms with Crippen LogP contribution in [0.4, 0.5) is 0 Å². The van der Waals surface area contributed by atoms with Crippen molar-refractivity contribution in [1.29, 1.82) is 0 Å². The first kappa shape index (κ1) is 9.79. The minimum Gasteiger partial charge on any atom is -0.327 e. The van der Waals surface area contributed by atoms with Gasteiger partial charge in [0.2, 0.25) is 0 Å². The maximum Gasteiger partial charge on any atom is 0.0105 e. The van der Waals surface area contributed by atoms with Gasteiger partial charge in [-0.2, -0.15) is 0 Å². The van der Waals surface area contributed by atoms with E-state index in [0.29, 0.717) is 12.0 Å². The minimum absolute atomic E-state index is 0.425. The molecule has 0 aromatic rings. The Labute approximate surface area is 76.0 Å². The fourth-order valence-electron chi connectivity index (χ4n) is 2.07. The molecule has 0 spiro atoms. The third-order valence-electron chi connectivity index (χ3n) is 3.16. The standard InChI is InChI=1S/C11H21N/c1-8(2)9(3)10-6-4-5-7-11(10)12/h10-11H,4-7,12H2,1-3H3. The van der Waals surface area contributed by atoms with Crippen LogP contribution in [0, 0.1) is 5.92 Å². The fraction of sp³-hybridized carbons (Fsp3) is 0.818. The molecule has 0 bridgehead atoms. The molecular formula is C11H21N. The molecule has 0 aliphatic heterocycles. The zero-order valence-electron chi connectivity index (χ0n) is 8.56. The summed E-state index contributed by atoms with van der Waals surface area (Å²) in [5, 5.41) is 0. The SMILES string of the molecule is CC(C)=C(C)C1CCCCC1N. The Balaban J connectivity index is 2.66. The van der Waals surface area contributed by atoms with Crippen LogP contribution in [0.2, 0.25) is 0 Å². The zero-order chi connectivity index (χ0) is 9.14. The van der Waals surface area contributed by atoms with Crippen LogP contribution in [0.3, 0.4) is 0 Å². The van der Waals surface area contributed by atoms with E-state index in [4.69, 9.17) is 5.73 Å². The van der Waals surface area contributed by atoms with Gasteiger partial charge >= 0.3 is 0 Å². The van der Waals surface area contributed by atoms with Gasteiger partial charge in [-0.3, -0.25) is 0 Å². The Morgan fingerprint density at radius 1 is 1.08 bits per heavy atom. The van der Waals surface area contributed by atoms with Crippen molar-refractivity contribution in [2.45, 2.75) is 52.5 Å². The second kappa shape index (κ2) is 4.08. The molecule has 0 radical (unpaired) electrons. The van der Waals surface area contributed by atoms with Crippen LogP contribution in [0.15, 0.2) is 11.1 Å². The first-order chi connectivity index (χ1) is 5.63. The maximum atomic E-state index is 6.08. The zero-order valence-corrected chi connectivity index (χ0v) is 8.56. The molecular weight excluding hydrogens is 146 g/mol. The summed E-state index contributed by atoms with van der Waals surface area (Å²) in [5.74, 6) is 0.670. The van der Waals surface area contributed by atoms with E-state index in [-0.39, 0.29) is 0 Å². The molecule has 2 unspecified atom stereocenters. The smallest absolute Gasteiger partial charge is 0.0105 e. The van der Waals surface area contributed by atoms with Crippen LogP contribution in [0.25, 0.3) is 0 Å². The Bertz CT molecular complexity index is 177. The third-order valence-corrected chi connectivity index (χ3v) is 3.16. The average Bonchev–Trinajstić information content (AvgIpc) is 2.04. The number of hydrogen-bond acceptors (Lipinski definition) is 1. The molecule has 1 aliphatic carbocycles. The van der Waals surface area contributed by atoms with Crippen LogP contribution in [-0.4, -0.2) is 6.04 Å². The van der Waals surface area contributed by atoms with Crippen LogP contribution in [0.5, 0.6) is 0 Å². The van der Waals surface area contributed by atoms with Gasteiger partial charge in [0, 0.05) is 6.04 Å². The molecule has 1 nitrogen and oxygen atoms in total. The monoisotopic (exact) mass is 167 g/mol. The van der Waals surface area contributed by atoms with Crippen molar-refractivity contribution in [3.63, 3.8) is 0 Å². The van der Waals surface area contributed by atoms with Gasteiger partial charge in [0.1, 0.15) is 0 Å². The summed E-state index contributed by atoms with van der Waals surface area (Å²) in [6.45, 7) is 6.62. The molecule has 0 aromatic carbocycles. The molecule has 1 heteroatoms. The summed E-state index contributed by atoms with van der Waals surface area (Å²) in [4.78, 5) is 0. The molecule has 1 fully saturated rings. The van der Waals surface area contributed by atoms with Crippen molar-refractivity contribution < 1.29 is 0 Å². The Morgan fingerprint density at radius 3 is 2.17 bits per heavy atom. The van der Waals surface area contributed by atoms with Crippen molar-refractivity contribution in [1.82, 2.24) is 0 Å². The summed E-state index contributed by atoms with van der Waals surface area (Å²) in [6.07, 6.45) is 5.21. The highest BCUT2D eigenvalue weighted by atomic mass is 14.7. The Morgan fingerprint density at radius 2 is 1.67 bits per heavy atom. The molecule has 0 aromatic heterocycles. The predicted molar refractivity (Wildman–Crippen MR) is 54.0 cm³/mol. The molecule has 12 heavy (non-hydrogen) atoms. The van der Waals surface area contributed by atoms with Crippen LogP contribution in [-0.2, 0) is 0 Å². The van der Waals surface area contributed by atoms with E-state index >= 15 is 0 Å². The normalized spacial score (nSPS) is 30.0. The van der Waals surface area contributed by atoms with Gasteiger partial charge in [-0.25, -0.2) is 0 Å². The summed E-state index contributed by atoms with van der Waals surface area (Å²) in [5.41, 5.74) is 9.07. The highest BCUT2D eigenvalue weighted by Crippen LogP contribution is 2.30. The first-order valence-electron chi connectivity index (χ1n) is 5.02. The third kappa shape index (κ3) is 2.10. The van der Waals surface area contributed by atoms with E-state index in [1.165, 1.54) is 36.8 Å². The van der Waals surface area contributed by atoms with Crippen molar-refractivity contribution in [3.8, 4) is 0 Å². The second-order valence-electron chi connectivity index (χ2n) is 4.24. The molecule has 2 atom stereocenters. The van der Waals surface area contributed by atoms with Crippen LogP contribution < -0.4 is 5.73 Å². The molecule has 0 saturated heterocycles. The molecule has 1 aliphatic rings. The molecule has 1 rings (SSSR count). The van der Waals surface area contributed by atoms with Gasteiger partial charge in [-0.05, 0) is 39.5 Å². The number of allylic oxidation sites excluding steroid dienone is 1. The van der Waals surface area contributed by atoms with Gasteiger partial charge in [0.05, 0.1) is 0 Å². The fourth-order valence-corrected chi connectivity index (χ4v) is 2.07. The second-order valence-corrected chi connectivity index (χ2v) is 4.24. The molecule has 70 valence electrons. The summed E-state index contributed by atoms with van der Waals surface area (Å²) >= 11 is 0. The minimum atomic E-state index is 0.425. The largest absolute Gasteiger partial charge is 0.327 e. The van der Waals surface area contributed by atoms with Crippen LogP contribution >= 0.6 is 0 Å². The van der Waals surface area contributed by atoms with E-state index < -0.39 is 0 Å². The van der Waals surface area contributed by atoms with Crippen molar-refractivity contribution >= 4 is 0 Å². The van der Waals surface area contributed by atoms with E-state index in [1.54, 1.807) is 0 Å². The van der Waals surface area contributed by atoms with E-state index in [2.05, 4.69) is 20.8 Å². The van der Waals surface area contributed by atoms with E-state index in [1.807, 2.05) is 0 Å². The molecule has 1 saturated carbocycles.